The molecule has 1 aromatic carbocycles. The fourth-order valence-corrected chi connectivity index (χ4v) is 4.69. The van der Waals surface area contributed by atoms with Crippen molar-refractivity contribution in [2.45, 2.75) is 38.7 Å². The van der Waals surface area contributed by atoms with E-state index in [9.17, 15) is 5.11 Å². The zero-order valence-electron chi connectivity index (χ0n) is 15.9. The topological polar surface area (TPSA) is 39.6 Å². The van der Waals surface area contributed by atoms with Crippen LogP contribution in [0.1, 0.15) is 44.3 Å². The zero-order chi connectivity index (χ0) is 18.4. The van der Waals surface area contributed by atoms with Crippen molar-refractivity contribution >= 4 is 16.7 Å². The van der Waals surface area contributed by atoms with Gasteiger partial charge >= 0.3 is 0 Å². The lowest BCUT2D eigenvalue weighted by atomic mass is 9.96. The SMILES string of the molecule is CC(O)c1c2ccc(=[N+]3CCCC3)cc-2oc2cc(N3CCCC3)ccc12. The Bertz CT molecular complexity index is 1020. The van der Waals surface area contributed by atoms with Crippen LogP contribution < -0.4 is 14.8 Å². The van der Waals surface area contributed by atoms with E-state index in [4.69, 9.17) is 4.42 Å². The second-order valence-corrected chi connectivity index (χ2v) is 7.94. The lowest BCUT2D eigenvalue weighted by Crippen LogP contribution is -2.26. The fraction of sp³-hybridized carbons (Fsp3) is 0.435. The van der Waals surface area contributed by atoms with Crippen molar-refractivity contribution < 1.29 is 9.52 Å². The largest absolute Gasteiger partial charge is 0.456 e. The third-order valence-electron chi connectivity index (χ3n) is 6.09. The molecule has 1 atom stereocenters. The summed E-state index contributed by atoms with van der Waals surface area (Å²) in [7, 11) is 0. The van der Waals surface area contributed by atoms with E-state index < -0.39 is 6.10 Å². The summed E-state index contributed by atoms with van der Waals surface area (Å²) in [4.78, 5) is 2.42. The molecule has 0 saturated carbocycles. The number of aliphatic hydroxyl groups excluding tert-OH is 1. The van der Waals surface area contributed by atoms with Crippen molar-refractivity contribution in [3.8, 4) is 11.3 Å². The average molecular weight is 363 g/mol. The number of rotatable bonds is 2. The zero-order valence-corrected chi connectivity index (χ0v) is 15.9. The molecule has 3 aliphatic heterocycles. The number of fused-ring (bicyclic) bond motifs is 2. The maximum Gasteiger partial charge on any atom is 0.203 e. The first-order chi connectivity index (χ1) is 13.2. The minimum atomic E-state index is -0.540. The molecule has 1 N–H and O–H groups in total. The van der Waals surface area contributed by atoms with Gasteiger partial charge in [0.2, 0.25) is 5.36 Å². The van der Waals surface area contributed by atoms with E-state index in [2.05, 4.69) is 45.9 Å². The number of anilines is 1. The van der Waals surface area contributed by atoms with Gasteiger partial charge in [0.1, 0.15) is 24.4 Å². The van der Waals surface area contributed by atoms with E-state index in [1.54, 1.807) is 0 Å². The first-order valence-electron chi connectivity index (χ1n) is 10.2. The highest BCUT2D eigenvalue weighted by Gasteiger charge is 2.22. The average Bonchev–Trinajstić information content (AvgIpc) is 3.38. The monoisotopic (exact) mass is 363 g/mol. The van der Waals surface area contributed by atoms with Crippen molar-refractivity contribution in [2.75, 3.05) is 31.1 Å². The molecule has 5 rings (SSSR count). The van der Waals surface area contributed by atoms with Crippen LogP contribution in [0.4, 0.5) is 5.69 Å². The quantitative estimate of drug-likeness (QED) is 0.557. The number of nitrogens with zero attached hydrogens (tertiary/aromatic N) is 2. The maximum atomic E-state index is 10.5. The minimum Gasteiger partial charge on any atom is -0.456 e. The molecule has 2 saturated heterocycles. The summed E-state index contributed by atoms with van der Waals surface area (Å²) in [5.41, 5.74) is 4.05. The minimum absolute atomic E-state index is 0.540. The molecule has 0 radical (unpaired) electrons. The Morgan fingerprint density at radius 3 is 2.52 bits per heavy atom. The van der Waals surface area contributed by atoms with E-state index in [0.29, 0.717) is 0 Å². The predicted octanol–water partition coefficient (Wildman–Crippen LogP) is 3.76. The van der Waals surface area contributed by atoms with Gasteiger partial charge in [0.15, 0.2) is 0 Å². The molecule has 1 unspecified atom stereocenters. The third-order valence-corrected chi connectivity index (χ3v) is 6.09. The van der Waals surface area contributed by atoms with Crippen molar-refractivity contribution in [1.82, 2.24) is 4.58 Å². The first kappa shape index (κ1) is 16.8. The Morgan fingerprint density at radius 2 is 1.78 bits per heavy atom. The normalized spacial score (nSPS) is 18.7. The Hall–Kier alpha value is -2.33. The highest BCUT2D eigenvalue weighted by atomic mass is 16.3. The van der Waals surface area contributed by atoms with Crippen LogP contribution in [0, 0.1) is 0 Å². The number of benzene rings is 2. The molecule has 0 spiro atoms. The summed E-state index contributed by atoms with van der Waals surface area (Å²) >= 11 is 0. The molecule has 0 aromatic heterocycles. The highest BCUT2D eigenvalue weighted by molar-refractivity contribution is 5.90. The van der Waals surface area contributed by atoms with Crippen LogP contribution in [-0.2, 0) is 0 Å². The number of hydrogen-bond acceptors (Lipinski definition) is 3. The van der Waals surface area contributed by atoms with Gasteiger partial charge in [-0.2, -0.15) is 0 Å². The maximum absolute atomic E-state index is 10.5. The molecule has 0 amide bonds. The van der Waals surface area contributed by atoms with Gasteiger partial charge < -0.3 is 14.4 Å². The Morgan fingerprint density at radius 1 is 1.00 bits per heavy atom. The van der Waals surface area contributed by atoms with Crippen molar-refractivity contribution in [1.29, 1.82) is 0 Å². The van der Waals surface area contributed by atoms with Crippen molar-refractivity contribution in [3.63, 3.8) is 0 Å². The Balaban J connectivity index is 1.75. The van der Waals surface area contributed by atoms with Gasteiger partial charge in [-0.15, -0.1) is 0 Å². The van der Waals surface area contributed by atoms with Crippen LogP contribution in [-0.4, -0.2) is 31.3 Å². The van der Waals surface area contributed by atoms with Crippen LogP contribution in [0.5, 0.6) is 0 Å². The van der Waals surface area contributed by atoms with E-state index in [0.717, 1.165) is 54.0 Å². The highest BCUT2D eigenvalue weighted by Crippen LogP contribution is 2.38. The molecule has 140 valence electrons. The predicted molar refractivity (Wildman–Crippen MR) is 109 cm³/mol. The van der Waals surface area contributed by atoms with Crippen LogP contribution in [0.15, 0.2) is 40.8 Å². The van der Waals surface area contributed by atoms with Crippen LogP contribution >= 0.6 is 0 Å². The Labute approximate surface area is 159 Å². The number of aliphatic hydroxyl groups is 1. The second kappa shape index (κ2) is 6.68. The molecule has 1 aliphatic carbocycles. The first-order valence-corrected chi connectivity index (χ1v) is 10.2. The van der Waals surface area contributed by atoms with Crippen LogP contribution in [0.25, 0.3) is 22.3 Å². The molecule has 4 heteroatoms. The van der Waals surface area contributed by atoms with Crippen molar-refractivity contribution in [3.05, 3.63) is 47.3 Å². The number of hydrogen-bond donors (Lipinski definition) is 1. The van der Waals surface area contributed by atoms with E-state index in [1.165, 1.54) is 36.7 Å². The summed E-state index contributed by atoms with van der Waals surface area (Å²) in [6.45, 7) is 6.29. The van der Waals surface area contributed by atoms with Gasteiger partial charge in [-0.25, -0.2) is 4.58 Å². The van der Waals surface area contributed by atoms with E-state index in [-0.39, 0.29) is 0 Å². The van der Waals surface area contributed by atoms with Crippen LogP contribution in [0.3, 0.4) is 0 Å². The lowest BCUT2D eigenvalue weighted by Gasteiger charge is -2.20. The molecule has 0 bridgehead atoms. The molecular formula is C23H27N2O2+. The third kappa shape index (κ3) is 2.92. The summed E-state index contributed by atoms with van der Waals surface area (Å²) in [6.07, 6.45) is 4.48. The second-order valence-electron chi connectivity index (χ2n) is 7.94. The smallest absolute Gasteiger partial charge is 0.203 e. The van der Waals surface area contributed by atoms with Gasteiger partial charge in [-0.05, 0) is 38.0 Å². The van der Waals surface area contributed by atoms with Crippen molar-refractivity contribution in [2.24, 2.45) is 0 Å². The molecule has 1 aromatic rings. The van der Waals surface area contributed by atoms with E-state index in [1.807, 2.05) is 6.92 Å². The van der Waals surface area contributed by atoms with Gasteiger partial charge in [0, 0.05) is 60.3 Å². The molecule has 3 heterocycles. The standard InChI is InChI=1S/C23H27N2O2/c1-16(26)23-19-8-6-17(24-10-2-3-11-24)14-21(19)27-22-15-18(7-9-20(22)23)25-12-4-5-13-25/h6-9,14-16,26H,2-5,10-13H2,1H3/q+1. The summed E-state index contributed by atoms with van der Waals surface area (Å²) < 4.78 is 8.79. The summed E-state index contributed by atoms with van der Waals surface area (Å²) in [5.74, 6) is 0.862. The summed E-state index contributed by atoms with van der Waals surface area (Å²) in [5, 5.41) is 12.7. The molecule has 4 nitrogen and oxygen atoms in total. The summed E-state index contributed by atoms with van der Waals surface area (Å²) in [6, 6.07) is 12.9. The molecule has 4 aliphatic rings. The van der Waals surface area contributed by atoms with E-state index >= 15 is 0 Å². The van der Waals surface area contributed by atoms with Crippen LogP contribution in [0.2, 0.25) is 0 Å². The van der Waals surface area contributed by atoms with Gasteiger partial charge in [-0.1, -0.05) is 0 Å². The molecule has 27 heavy (non-hydrogen) atoms. The fourth-order valence-electron chi connectivity index (χ4n) is 4.69. The van der Waals surface area contributed by atoms with Gasteiger partial charge in [-0.3, -0.25) is 0 Å². The van der Waals surface area contributed by atoms with Gasteiger partial charge in [0.05, 0.1) is 12.2 Å². The van der Waals surface area contributed by atoms with Gasteiger partial charge in [0.25, 0.3) is 0 Å². The Kier molecular flexibility index (Phi) is 4.16. The lowest BCUT2D eigenvalue weighted by molar-refractivity contribution is 0.201. The molecular weight excluding hydrogens is 336 g/mol. The molecule has 2 fully saturated rings.